The smallest absolute Gasteiger partial charge is 0.251 e. The molecule has 2 amide bonds. The van der Waals surface area contributed by atoms with Gasteiger partial charge in [0.1, 0.15) is 5.82 Å². The molecule has 0 unspecified atom stereocenters. The highest BCUT2D eigenvalue weighted by Gasteiger charge is 2.38. The fraction of sp³-hybridized carbons (Fsp3) is 0.409. The van der Waals surface area contributed by atoms with Crippen LogP contribution < -0.4 is 15.5 Å². The molecule has 1 aliphatic rings. The summed E-state index contributed by atoms with van der Waals surface area (Å²) in [4.78, 5) is 31.1. The second kappa shape index (κ2) is 8.61. The molecular formula is C22H28N4O3. The van der Waals surface area contributed by atoms with Crippen LogP contribution in [0.2, 0.25) is 0 Å². The molecule has 0 radical (unpaired) electrons. The SMILES string of the molecule is CC(=O)N1c2ccc(C(=O)NCCO)cc2[C@H](Nc2cccc(C)n2)[C@@H](C)[C@@H]1C. The van der Waals surface area contributed by atoms with Gasteiger partial charge in [0.25, 0.3) is 5.91 Å². The zero-order valence-corrected chi connectivity index (χ0v) is 17.3. The van der Waals surface area contributed by atoms with Crippen LogP contribution in [0.3, 0.4) is 0 Å². The molecule has 29 heavy (non-hydrogen) atoms. The molecule has 1 aliphatic heterocycles. The number of nitrogens with zero attached hydrogens (tertiary/aromatic N) is 2. The molecule has 0 saturated carbocycles. The molecule has 3 N–H and O–H groups in total. The Hall–Kier alpha value is -2.93. The summed E-state index contributed by atoms with van der Waals surface area (Å²) in [6, 6.07) is 11.0. The first-order valence-electron chi connectivity index (χ1n) is 9.86. The van der Waals surface area contributed by atoms with Crippen molar-refractivity contribution in [2.24, 2.45) is 5.92 Å². The van der Waals surface area contributed by atoms with Gasteiger partial charge >= 0.3 is 0 Å². The van der Waals surface area contributed by atoms with Gasteiger partial charge in [-0.2, -0.15) is 0 Å². The van der Waals surface area contributed by atoms with Crippen molar-refractivity contribution in [3.63, 3.8) is 0 Å². The zero-order chi connectivity index (χ0) is 21.1. The number of aromatic nitrogens is 1. The van der Waals surface area contributed by atoms with Gasteiger partial charge in [-0.05, 0) is 49.7 Å². The minimum absolute atomic E-state index is 0.0172. The van der Waals surface area contributed by atoms with Crippen molar-refractivity contribution < 1.29 is 14.7 Å². The van der Waals surface area contributed by atoms with Gasteiger partial charge in [0, 0.05) is 42.4 Å². The molecule has 1 aromatic heterocycles. The minimum atomic E-state index is -0.255. The lowest BCUT2D eigenvalue weighted by molar-refractivity contribution is -0.117. The molecule has 0 bridgehead atoms. The highest BCUT2D eigenvalue weighted by molar-refractivity contribution is 5.98. The van der Waals surface area contributed by atoms with Crippen LogP contribution in [0.1, 0.15) is 48.4 Å². The lowest BCUT2D eigenvalue weighted by atomic mass is 9.82. The molecule has 3 atom stereocenters. The van der Waals surface area contributed by atoms with Crippen LogP contribution in [-0.4, -0.2) is 41.1 Å². The summed E-state index contributed by atoms with van der Waals surface area (Å²) in [5.74, 6) is 0.556. The minimum Gasteiger partial charge on any atom is -0.395 e. The van der Waals surface area contributed by atoms with E-state index in [-0.39, 0.29) is 43.0 Å². The Balaban J connectivity index is 2.05. The van der Waals surface area contributed by atoms with Gasteiger partial charge in [-0.25, -0.2) is 4.98 Å². The fourth-order valence-electron chi connectivity index (χ4n) is 3.90. The average Bonchev–Trinajstić information content (AvgIpc) is 2.69. The van der Waals surface area contributed by atoms with Crippen molar-refractivity contribution in [1.29, 1.82) is 0 Å². The fourth-order valence-corrected chi connectivity index (χ4v) is 3.90. The number of aliphatic hydroxyl groups excluding tert-OH is 1. The Morgan fingerprint density at radius 1 is 1.21 bits per heavy atom. The van der Waals surface area contributed by atoms with Crippen molar-refractivity contribution in [1.82, 2.24) is 10.3 Å². The van der Waals surface area contributed by atoms with Gasteiger partial charge in [-0.1, -0.05) is 13.0 Å². The van der Waals surface area contributed by atoms with E-state index in [1.807, 2.05) is 44.2 Å². The van der Waals surface area contributed by atoms with Gasteiger partial charge in [0.05, 0.1) is 12.6 Å². The first-order chi connectivity index (χ1) is 13.8. The summed E-state index contributed by atoms with van der Waals surface area (Å²) in [7, 11) is 0. The maximum absolute atomic E-state index is 12.4. The molecule has 0 fully saturated rings. The predicted octanol–water partition coefficient (Wildman–Crippen LogP) is 2.66. The summed E-state index contributed by atoms with van der Waals surface area (Å²) >= 11 is 0. The number of aliphatic hydroxyl groups is 1. The molecule has 0 spiro atoms. The van der Waals surface area contributed by atoms with Crippen molar-refractivity contribution in [3.8, 4) is 0 Å². The molecule has 154 valence electrons. The first kappa shape index (κ1) is 20.8. The van der Waals surface area contributed by atoms with Crippen LogP contribution >= 0.6 is 0 Å². The van der Waals surface area contributed by atoms with Crippen molar-refractivity contribution in [2.75, 3.05) is 23.4 Å². The zero-order valence-electron chi connectivity index (χ0n) is 17.3. The van der Waals surface area contributed by atoms with Crippen LogP contribution in [0.15, 0.2) is 36.4 Å². The Morgan fingerprint density at radius 3 is 2.62 bits per heavy atom. The van der Waals surface area contributed by atoms with E-state index in [0.29, 0.717) is 5.56 Å². The largest absolute Gasteiger partial charge is 0.395 e. The van der Waals surface area contributed by atoms with E-state index >= 15 is 0 Å². The summed E-state index contributed by atoms with van der Waals surface area (Å²) in [6.07, 6.45) is 0. The first-order valence-corrected chi connectivity index (χ1v) is 9.86. The quantitative estimate of drug-likeness (QED) is 0.722. The number of hydrogen-bond acceptors (Lipinski definition) is 5. The van der Waals surface area contributed by atoms with Crippen molar-refractivity contribution >= 4 is 23.3 Å². The van der Waals surface area contributed by atoms with Gasteiger partial charge in [0.2, 0.25) is 5.91 Å². The average molecular weight is 396 g/mol. The number of fused-ring (bicyclic) bond motifs is 1. The van der Waals surface area contributed by atoms with E-state index < -0.39 is 0 Å². The maximum Gasteiger partial charge on any atom is 0.251 e. The molecule has 3 rings (SSSR count). The number of anilines is 2. The van der Waals surface area contributed by atoms with Crippen LogP contribution in [0.5, 0.6) is 0 Å². The molecule has 0 saturated heterocycles. The number of amides is 2. The van der Waals surface area contributed by atoms with Crippen LogP contribution in [-0.2, 0) is 4.79 Å². The standard InChI is InChI=1S/C22H28N4O3/c1-13-6-5-7-20(24-13)25-21-14(2)15(3)26(16(4)28)19-9-8-17(12-18(19)21)22(29)23-10-11-27/h5-9,12,14-15,21,27H,10-11H2,1-4H3,(H,23,29)(H,24,25)/t14-,15-,21+/m0/s1. The highest BCUT2D eigenvalue weighted by Crippen LogP contribution is 2.42. The predicted molar refractivity (Wildman–Crippen MR) is 113 cm³/mol. The van der Waals surface area contributed by atoms with E-state index in [0.717, 1.165) is 22.8 Å². The number of pyridine rings is 1. The Kier molecular flexibility index (Phi) is 6.17. The van der Waals surface area contributed by atoms with E-state index in [4.69, 9.17) is 5.11 Å². The maximum atomic E-state index is 12.4. The number of hydrogen-bond donors (Lipinski definition) is 3. The molecule has 7 nitrogen and oxygen atoms in total. The van der Waals surface area contributed by atoms with Crippen molar-refractivity contribution in [2.45, 2.75) is 39.8 Å². The van der Waals surface area contributed by atoms with E-state index in [2.05, 4.69) is 22.5 Å². The number of carbonyl (C=O) groups is 2. The summed E-state index contributed by atoms with van der Waals surface area (Å²) < 4.78 is 0. The third-order valence-corrected chi connectivity index (χ3v) is 5.51. The van der Waals surface area contributed by atoms with Gasteiger partial charge in [-0.3, -0.25) is 9.59 Å². The molecule has 2 aromatic rings. The number of carbonyl (C=O) groups excluding carboxylic acids is 2. The van der Waals surface area contributed by atoms with Crippen molar-refractivity contribution in [3.05, 3.63) is 53.2 Å². The molecular weight excluding hydrogens is 368 g/mol. The molecule has 7 heteroatoms. The summed E-state index contributed by atoms with van der Waals surface area (Å²) in [5.41, 5.74) is 3.08. The lowest BCUT2D eigenvalue weighted by Crippen LogP contribution is -2.48. The molecule has 0 aliphatic carbocycles. The third-order valence-electron chi connectivity index (χ3n) is 5.51. The van der Waals surface area contributed by atoms with Gasteiger partial charge < -0.3 is 20.6 Å². The third kappa shape index (κ3) is 4.24. The second-order valence-corrected chi connectivity index (χ2v) is 7.53. The summed E-state index contributed by atoms with van der Waals surface area (Å²) in [6.45, 7) is 7.70. The van der Waals surface area contributed by atoms with Crippen LogP contribution in [0.25, 0.3) is 0 Å². The van der Waals surface area contributed by atoms with Gasteiger partial charge in [0.15, 0.2) is 0 Å². The number of nitrogens with one attached hydrogen (secondary N) is 2. The Morgan fingerprint density at radius 2 is 1.97 bits per heavy atom. The Labute approximate surface area is 171 Å². The number of aryl methyl sites for hydroxylation is 1. The Bertz CT molecular complexity index is 915. The monoisotopic (exact) mass is 396 g/mol. The topological polar surface area (TPSA) is 94.6 Å². The second-order valence-electron chi connectivity index (χ2n) is 7.53. The number of benzene rings is 1. The molecule has 1 aromatic carbocycles. The van der Waals surface area contributed by atoms with E-state index in [9.17, 15) is 9.59 Å². The lowest BCUT2D eigenvalue weighted by Gasteiger charge is -2.44. The van der Waals surface area contributed by atoms with E-state index in [1.165, 1.54) is 0 Å². The van der Waals surface area contributed by atoms with Crippen LogP contribution in [0.4, 0.5) is 11.5 Å². The van der Waals surface area contributed by atoms with Crippen LogP contribution in [0, 0.1) is 12.8 Å². The summed E-state index contributed by atoms with van der Waals surface area (Å²) in [5, 5.41) is 15.2. The van der Waals surface area contributed by atoms with Gasteiger partial charge in [-0.15, -0.1) is 0 Å². The number of rotatable bonds is 5. The highest BCUT2D eigenvalue weighted by atomic mass is 16.3. The molecule has 2 heterocycles. The normalized spacial score (nSPS) is 20.7. The van der Waals surface area contributed by atoms with E-state index in [1.54, 1.807) is 17.9 Å².